The average Bonchev–Trinajstić information content (AvgIpc) is 3.15. The monoisotopic (exact) mass is 326 g/mol. The molecule has 4 nitrogen and oxygen atoms in total. The smallest absolute Gasteiger partial charge is 0.0739 e. The molecule has 5 heteroatoms. The van der Waals surface area contributed by atoms with Crippen molar-refractivity contribution in [3.8, 4) is 0 Å². The Kier molecular flexibility index (Phi) is 3.71. The molecule has 2 unspecified atom stereocenters. The van der Waals surface area contributed by atoms with Gasteiger partial charge in [0.2, 0.25) is 0 Å². The van der Waals surface area contributed by atoms with Crippen LogP contribution in [0.4, 0.5) is 0 Å². The highest BCUT2D eigenvalue weighted by Crippen LogP contribution is 2.37. The van der Waals surface area contributed by atoms with Crippen molar-refractivity contribution >= 4 is 15.9 Å². The highest BCUT2D eigenvalue weighted by molar-refractivity contribution is 9.10. The van der Waals surface area contributed by atoms with Crippen LogP contribution in [0.25, 0.3) is 0 Å². The van der Waals surface area contributed by atoms with Crippen molar-refractivity contribution in [3.63, 3.8) is 0 Å². The first kappa shape index (κ1) is 13.6. The van der Waals surface area contributed by atoms with E-state index in [1.807, 2.05) is 11.7 Å². The van der Waals surface area contributed by atoms with Gasteiger partial charge in [0.25, 0.3) is 0 Å². The van der Waals surface area contributed by atoms with E-state index in [0.717, 1.165) is 31.2 Å². The number of aromatic nitrogens is 2. The molecule has 19 heavy (non-hydrogen) atoms. The Balaban J connectivity index is 1.78. The molecule has 106 valence electrons. The van der Waals surface area contributed by atoms with Crippen LogP contribution in [-0.4, -0.2) is 39.9 Å². The molecule has 1 aromatic rings. The summed E-state index contributed by atoms with van der Waals surface area (Å²) in [6.45, 7) is 7.62. The summed E-state index contributed by atoms with van der Waals surface area (Å²) < 4.78 is 3.20. The second-order valence-corrected chi connectivity index (χ2v) is 6.91. The first-order valence-corrected chi connectivity index (χ1v) is 8.01. The van der Waals surface area contributed by atoms with E-state index in [4.69, 9.17) is 0 Å². The normalized spacial score (nSPS) is 28.8. The van der Waals surface area contributed by atoms with Crippen molar-refractivity contribution in [1.82, 2.24) is 20.0 Å². The Hall–Kier alpha value is -0.390. The zero-order valence-corrected chi connectivity index (χ0v) is 13.6. The van der Waals surface area contributed by atoms with Crippen LogP contribution in [0.3, 0.4) is 0 Å². The van der Waals surface area contributed by atoms with Crippen molar-refractivity contribution < 1.29 is 0 Å². The lowest BCUT2D eigenvalue weighted by Gasteiger charge is -2.39. The number of piperazine rings is 1. The van der Waals surface area contributed by atoms with Gasteiger partial charge in [-0.2, -0.15) is 5.10 Å². The van der Waals surface area contributed by atoms with Gasteiger partial charge in [-0.25, -0.2) is 0 Å². The molecule has 1 aliphatic heterocycles. The SMILES string of the molecule is Cc1nn(C)c(CN2CC(C)NCC2C2CC2)c1Br. The molecule has 0 amide bonds. The van der Waals surface area contributed by atoms with Gasteiger partial charge in [0, 0.05) is 38.8 Å². The Morgan fingerprint density at radius 2 is 2.16 bits per heavy atom. The van der Waals surface area contributed by atoms with Crippen molar-refractivity contribution in [2.24, 2.45) is 13.0 Å². The second kappa shape index (κ2) is 5.19. The number of nitrogens with one attached hydrogen (secondary N) is 1. The molecule has 0 bridgehead atoms. The lowest BCUT2D eigenvalue weighted by atomic mass is 10.1. The van der Waals surface area contributed by atoms with E-state index in [9.17, 15) is 0 Å². The van der Waals surface area contributed by atoms with Crippen LogP contribution in [0.1, 0.15) is 31.2 Å². The third-order valence-corrected chi connectivity index (χ3v) is 5.47. The zero-order valence-electron chi connectivity index (χ0n) is 12.0. The first-order chi connectivity index (χ1) is 9.06. The van der Waals surface area contributed by atoms with E-state index in [-0.39, 0.29) is 0 Å². The fraction of sp³-hybridized carbons (Fsp3) is 0.786. The lowest BCUT2D eigenvalue weighted by Crippen LogP contribution is -2.56. The summed E-state index contributed by atoms with van der Waals surface area (Å²) in [5.41, 5.74) is 2.39. The van der Waals surface area contributed by atoms with E-state index >= 15 is 0 Å². The molecule has 2 atom stereocenters. The van der Waals surface area contributed by atoms with Crippen LogP contribution in [-0.2, 0) is 13.6 Å². The molecule has 1 N–H and O–H groups in total. The maximum atomic E-state index is 4.51. The number of hydrogen-bond acceptors (Lipinski definition) is 3. The van der Waals surface area contributed by atoms with Crippen molar-refractivity contribution in [2.75, 3.05) is 13.1 Å². The molecule has 3 rings (SSSR count). The number of nitrogens with zero attached hydrogens (tertiary/aromatic N) is 3. The molecule has 1 aromatic heterocycles. The molecular formula is C14H23BrN4. The van der Waals surface area contributed by atoms with Crippen LogP contribution in [0.15, 0.2) is 4.47 Å². The highest BCUT2D eigenvalue weighted by Gasteiger charge is 2.38. The molecule has 0 spiro atoms. The van der Waals surface area contributed by atoms with Gasteiger partial charge in [-0.3, -0.25) is 9.58 Å². The van der Waals surface area contributed by atoms with Gasteiger partial charge in [0.15, 0.2) is 0 Å². The summed E-state index contributed by atoms with van der Waals surface area (Å²) in [5.74, 6) is 0.910. The van der Waals surface area contributed by atoms with E-state index in [0.29, 0.717) is 12.1 Å². The van der Waals surface area contributed by atoms with Crippen LogP contribution in [0.2, 0.25) is 0 Å². The standard InChI is InChI=1S/C14H23BrN4/c1-9-7-19(12(6-16-9)11-4-5-11)8-13-14(15)10(2)17-18(13)3/h9,11-12,16H,4-8H2,1-3H3. The van der Waals surface area contributed by atoms with Gasteiger partial charge in [0.05, 0.1) is 15.9 Å². The average molecular weight is 327 g/mol. The van der Waals surface area contributed by atoms with E-state index < -0.39 is 0 Å². The Morgan fingerprint density at radius 1 is 1.42 bits per heavy atom. The minimum atomic E-state index is 0.586. The fourth-order valence-electron chi connectivity index (χ4n) is 3.17. The first-order valence-electron chi connectivity index (χ1n) is 7.21. The van der Waals surface area contributed by atoms with Crippen molar-refractivity contribution in [1.29, 1.82) is 0 Å². The Bertz CT molecular complexity index is 466. The molecule has 1 saturated carbocycles. The number of hydrogen-bond donors (Lipinski definition) is 1. The van der Waals surface area contributed by atoms with Crippen LogP contribution < -0.4 is 5.32 Å². The van der Waals surface area contributed by atoms with Gasteiger partial charge < -0.3 is 5.32 Å². The summed E-state index contributed by atoms with van der Waals surface area (Å²) in [5, 5.41) is 8.14. The largest absolute Gasteiger partial charge is 0.311 e. The van der Waals surface area contributed by atoms with E-state index in [1.54, 1.807) is 0 Å². The van der Waals surface area contributed by atoms with Gasteiger partial charge in [0.1, 0.15) is 0 Å². The Morgan fingerprint density at radius 3 is 2.74 bits per heavy atom. The van der Waals surface area contributed by atoms with Crippen molar-refractivity contribution in [3.05, 3.63) is 15.9 Å². The number of aryl methyl sites for hydroxylation is 2. The van der Waals surface area contributed by atoms with Crippen LogP contribution >= 0.6 is 15.9 Å². The molecule has 1 aliphatic carbocycles. The molecule has 2 heterocycles. The highest BCUT2D eigenvalue weighted by atomic mass is 79.9. The number of rotatable bonds is 3. The van der Waals surface area contributed by atoms with E-state index in [2.05, 4.69) is 45.1 Å². The minimum Gasteiger partial charge on any atom is -0.311 e. The third kappa shape index (κ3) is 2.73. The summed E-state index contributed by atoms with van der Waals surface area (Å²) in [6, 6.07) is 1.29. The minimum absolute atomic E-state index is 0.586. The molecule has 1 saturated heterocycles. The molecule has 0 aromatic carbocycles. The van der Waals surface area contributed by atoms with Crippen molar-refractivity contribution in [2.45, 2.75) is 45.3 Å². The topological polar surface area (TPSA) is 33.1 Å². The lowest BCUT2D eigenvalue weighted by molar-refractivity contribution is 0.109. The molecule has 2 aliphatic rings. The fourth-order valence-corrected chi connectivity index (χ4v) is 3.64. The summed E-state index contributed by atoms with van der Waals surface area (Å²) >= 11 is 3.69. The quantitative estimate of drug-likeness (QED) is 0.923. The Labute approximate surface area is 123 Å². The van der Waals surface area contributed by atoms with Gasteiger partial charge >= 0.3 is 0 Å². The maximum Gasteiger partial charge on any atom is 0.0739 e. The third-order valence-electron chi connectivity index (χ3n) is 4.43. The summed E-state index contributed by atoms with van der Waals surface area (Å²) in [7, 11) is 2.05. The van der Waals surface area contributed by atoms with Crippen LogP contribution in [0.5, 0.6) is 0 Å². The molecule has 0 radical (unpaired) electrons. The molecule has 2 fully saturated rings. The molecular weight excluding hydrogens is 304 g/mol. The van der Waals surface area contributed by atoms with Gasteiger partial charge in [-0.05, 0) is 48.5 Å². The maximum absolute atomic E-state index is 4.51. The van der Waals surface area contributed by atoms with E-state index in [1.165, 1.54) is 23.0 Å². The van der Waals surface area contributed by atoms with Gasteiger partial charge in [-0.15, -0.1) is 0 Å². The summed E-state index contributed by atoms with van der Waals surface area (Å²) in [4.78, 5) is 2.65. The second-order valence-electron chi connectivity index (χ2n) is 6.11. The zero-order chi connectivity index (χ0) is 13.6. The predicted octanol–water partition coefficient (Wildman–Crippen LogP) is 2.06. The predicted molar refractivity (Wildman–Crippen MR) is 80.0 cm³/mol. The number of halogens is 1. The van der Waals surface area contributed by atoms with Crippen LogP contribution in [0, 0.1) is 12.8 Å². The van der Waals surface area contributed by atoms with Gasteiger partial charge in [-0.1, -0.05) is 0 Å². The summed E-state index contributed by atoms with van der Waals surface area (Å²) in [6.07, 6.45) is 2.81.